The summed E-state index contributed by atoms with van der Waals surface area (Å²) in [5.74, 6) is -0.511. The van der Waals surface area contributed by atoms with Crippen LogP contribution in [0.5, 0.6) is 5.75 Å². The van der Waals surface area contributed by atoms with Crippen LogP contribution in [-0.2, 0) is 19.6 Å². The Bertz CT molecular complexity index is 590. The maximum absolute atomic E-state index is 12.0. The zero-order chi connectivity index (χ0) is 20.0. The van der Waals surface area contributed by atoms with Gasteiger partial charge in [0.25, 0.3) is 0 Å². The maximum Gasteiger partial charge on any atom is 0.543 e. The molecule has 1 aromatic rings. The van der Waals surface area contributed by atoms with Gasteiger partial charge < -0.3 is 9.47 Å². The number of carbonyl (C=O) groups is 2. The van der Waals surface area contributed by atoms with E-state index in [1.165, 1.54) is 45.3 Å². The summed E-state index contributed by atoms with van der Waals surface area (Å²) in [5.41, 5.74) is 0.154. The Labute approximate surface area is 166 Å². The summed E-state index contributed by atoms with van der Waals surface area (Å²) >= 11 is 0. The number of ether oxygens (including phenoxy) is 2. The smallest absolute Gasteiger partial charge is 0.496 e. The lowest BCUT2D eigenvalue weighted by atomic mass is 9.99. The number of carbonyl (C=O) groups excluding carboxylic acids is 2. The molecule has 1 aliphatic carbocycles. The van der Waals surface area contributed by atoms with Crippen molar-refractivity contribution in [2.75, 3.05) is 7.11 Å². The lowest BCUT2D eigenvalue weighted by Gasteiger charge is -2.17. The van der Waals surface area contributed by atoms with Crippen LogP contribution in [0, 0.1) is 0 Å². The molecule has 0 N–H and O–H groups in total. The second-order valence-electron chi connectivity index (χ2n) is 6.97. The van der Waals surface area contributed by atoms with Gasteiger partial charge in [0.05, 0.1) is 12.1 Å². The third kappa shape index (κ3) is 8.17. The quantitative estimate of drug-likeness (QED) is 0.369. The van der Waals surface area contributed by atoms with Crippen molar-refractivity contribution in [3.63, 3.8) is 0 Å². The summed E-state index contributed by atoms with van der Waals surface area (Å²) < 4.78 is 10.4. The highest BCUT2D eigenvalue weighted by molar-refractivity contribution is 5.92. The van der Waals surface area contributed by atoms with E-state index in [0.29, 0.717) is 5.75 Å². The van der Waals surface area contributed by atoms with Crippen molar-refractivity contribution in [3.8, 4) is 5.75 Å². The van der Waals surface area contributed by atoms with E-state index in [4.69, 9.17) is 9.47 Å². The Kier molecular flexibility index (Phi) is 10.2. The van der Waals surface area contributed by atoms with E-state index in [9.17, 15) is 9.59 Å². The van der Waals surface area contributed by atoms with Gasteiger partial charge in [-0.1, -0.05) is 57.1 Å². The summed E-state index contributed by atoms with van der Waals surface area (Å²) in [6.07, 6.45) is 11.0. The third-order valence-corrected chi connectivity index (χ3v) is 4.85. The molecule has 0 atom stereocenters. The maximum atomic E-state index is 12.0. The molecular weight excluding hydrogens is 364 g/mol. The van der Waals surface area contributed by atoms with Gasteiger partial charge in [0.2, 0.25) is 0 Å². The van der Waals surface area contributed by atoms with Gasteiger partial charge in [0.15, 0.2) is 0 Å². The summed E-state index contributed by atoms with van der Waals surface area (Å²) in [7, 11) is 1.43. The van der Waals surface area contributed by atoms with E-state index in [1.54, 1.807) is 18.2 Å². The van der Waals surface area contributed by atoms with E-state index in [1.807, 2.05) is 0 Å². The van der Waals surface area contributed by atoms with Crippen LogP contribution in [-0.4, -0.2) is 25.3 Å². The summed E-state index contributed by atoms with van der Waals surface area (Å²) in [6, 6.07) is 6.48. The molecule has 1 aromatic carbocycles. The molecule has 1 saturated carbocycles. The fourth-order valence-electron chi connectivity index (χ4n) is 3.33. The molecule has 0 amide bonds. The van der Waals surface area contributed by atoms with Gasteiger partial charge in [-0.15, -0.1) is 0 Å². The molecule has 2 rings (SSSR count). The summed E-state index contributed by atoms with van der Waals surface area (Å²) in [4.78, 5) is 32.7. The number of para-hydroxylation sites is 1. The first-order chi connectivity index (χ1) is 13.7. The minimum Gasteiger partial charge on any atom is -0.496 e. The molecule has 0 unspecified atom stereocenters. The van der Waals surface area contributed by atoms with Gasteiger partial charge in [-0.25, -0.2) is 14.5 Å². The Morgan fingerprint density at radius 3 is 2.00 bits per heavy atom. The normalized spacial score (nSPS) is 16.9. The summed E-state index contributed by atoms with van der Waals surface area (Å²) in [6.45, 7) is 0. The molecule has 0 saturated heterocycles. The molecule has 0 radical (unpaired) electrons. The lowest BCUT2D eigenvalue weighted by Crippen LogP contribution is -2.20. The molecule has 156 valence electrons. The van der Waals surface area contributed by atoms with Gasteiger partial charge in [0.1, 0.15) is 17.4 Å². The van der Waals surface area contributed by atoms with E-state index in [-0.39, 0.29) is 11.7 Å². The van der Waals surface area contributed by atoms with E-state index in [2.05, 4.69) is 14.8 Å². The van der Waals surface area contributed by atoms with Crippen molar-refractivity contribution in [1.29, 1.82) is 0 Å². The molecule has 1 fully saturated rings. The van der Waals surface area contributed by atoms with Gasteiger partial charge in [-0.2, -0.15) is 0 Å². The van der Waals surface area contributed by atoms with Crippen LogP contribution in [0.2, 0.25) is 0 Å². The van der Waals surface area contributed by atoms with Gasteiger partial charge in [-0.3, -0.25) is 4.89 Å². The van der Waals surface area contributed by atoms with E-state index < -0.39 is 12.1 Å². The molecular formula is C21H30O7. The highest BCUT2D eigenvalue weighted by Gasteiger charge is 2.19. The fourth-order valence-corrected chi connectivity index (χ4v) is 3.33. The Morgan fingerprint density at radius 1 is 0.821 bits per heavy atom. The lowest BCUT2D eigenvalue weighted by molar-refractivity contribution is -0.453. The van der Waals surface area contributed by atoms with Crippen molar-refractivity contribution in [3.05, 3.63) is 29.8 Å². The zero-order valence-corrected chi connectivity index (χ0v) is 16.5. The van der Waals surface area contributed by atoms with Gasteiger partial charge in [-0.05, 0) is 37.8 Å². The molecule has 7 nitrogen and oxygen atoms in total. The SMILES string of the molecule is COc1ccccc1C(=O)OOOC(=O)OC1CCCCCCCCCCC1. The van der Waals surface area contributed by atoms with E-state index in [0.717, 1.165) is 38.5 Å². The first-order valence-corrected chi connectivity index (χ1v) is 10.1. The second-order valence-corrected chi connectivity index (χ2v) is 6.97. The predicted molar refractivity (Wildman–Crippen MR) is 102 cm³/mol. The number of benzene rings is 1. The van der Waals surface area contributed by atoms with Crippen molar-refractivity contribution in [2.24, 2.45) is 0 Å². The second kappa shape index (κ2) is 13.0. The topological polar surface area (TPSA) is 80.3 Å². The van der Waals surface area contributed by atoms with Crippen molar-refractivity contribution in [2.45, 2.75) is 76.7 Å². The van der Waals surface area contributed by atoms with Crippen LogP contribution in [0.15, 0.2) is 24.3 Å². The number of methoxy groups -OCH3 is 1. The van der Waals surface area contributed by atoms with Crippen LogP contribution >= 0.6 is 0 Å². The standard InChI is InChI=1S/C21H30O7/c1-24-19-16-12-11-15-18(19)20(22)26-28-27-21(23)25-17-13-9-7-5-3-2-4-6-8-10-14-17/h11-12,15-17H,2-10,13-14H2,1H3. The van der Waals surface area contributed by atoms with E-state index >= 15 is 0 Å². The Balaban J connectivity index is 1.72. The number of rotatable bonds is 5. The first kappa shape index (κ1) is 22.0. The average Bonchev–Trinajstić information content (AvgIpc) is 2.70. The monoisotopic (exact) mass is 394 g/mol. The molecule has 0 heterocycles. The molecule has 0 spiro atoms. The third-order valence-electron chi connectivity index (χ3n) is 4.85. The molecule has 0 bridgehead atoms. The van der Waals surface area contributed by atoms with Crippen molar-refractivity contribution < 1.29 is 33.9 Å². The Morgan fingerprint density at radius 2 is 1.39 bits per heavy atom. The minimum absolute atomic E-state index is 0.154. The summed E-state index contributed by atoms with van der Waals surface area (Å²) in [5, 5.41) is 4.31. The van der Waals surface area contributed by atoms with Crippen molar-refractivity contribution >= 4 is 12.1 Å². The van der Waals surface area contributed by atoms with Gasteiger partial charge in [0, 0.05) is 0 Å². The molecule has 0 aromatic heterocycles. The van der Waals surface area contributed by atoms with Gasteiger partial charge >= 0.3 is 12.1 Å². The minimum atomic E-state index is -1.01. The van der Waals surface area contributed by atoms with Crippen LogP contribution in [0.4, 0.5) is 4.79 Å². The largest absolute Gasteiger partial charge is 0.543 e. The number of hydrogen-bond donors (Lipinski definition) is 0. The molecule has 0 aliphatic heterocycles. The zero-order valence-electron chi connectivity index (χ0n) is 16.5. The van der Waals surface area contributed by atoms with Crippen molar-refractivity contribution in [1.82, 2.24) is 0 Å². The van der Waals surface area contributed by atoms with Crippen LogP contribution in [0.1, 0.15) is 81.0 Å². The van der Waals surface area contributed by atoms with Crippen LogP contribution in [0.25, 0.3) is 0 Å². The predicted octanol–water partition coefficient (Wildman–Crippen LogP) is 5.53. The van der Waals surface area contributed by atoms with Crippen LogP contribution in [0.3, 0.4) is 0 Å². The highest BCUT2D eigenvalue weighted by Crippen LogP contribution is 2.20. The average molecular weight is 394 g/mol. The highest BCUT2D eigenvalue weighted by atomic mass is 17.5. The fraction of sp³-hybridized carbons (Fsp3) is 0.619. The van der Waals surface area contributed by atoms with Crippen LogP contribution < -0.4 is 4.74 Å². The molecule has 28 heavy (non-hydrogen) atoms. The molecule has 1 aliphatic rings. The Hall–Kier alpha value is -2.28. The molecule has 7 heteroatoms. The first-order valence-electron chi connectivity index (χ1n) is 10.1. The number of hydrogen-bond acceptors (Lipinski definition) is 7.